The monoisotopic (exact) mass is 370 g/mol. The van der Waals surface area contributed by atoms with Crippen molar-refractivity contribution >= 4 is 0 Å². The summed E-state index contributed by atoms with van der Waals surface area (Å²) in [4.78, 5) is 0. The molecule has 144 valence electrons. The van der Waals surface area contributed by atoms with Crippen molar-refractivity contribution in [3.8, 4) is 23.0 Å². The summed E-state index contributed by atoms with van der Waals surface area (Å²) in [6.07, 6.45) is -0.209. The molecular formula is C21H26N2O4. The van der Waals surface area contributed by atoms with Gasteiger partial charge in [-0.1, -0.05) is 18.7 Å². The number of nitrogens with one attached hydrogen (secondary N) is 2. The first-order valence-corrected chi connectivity index (χ1v) is 9.05. The lowest BCUT2D eigenvalue weighted by Gasteiger charge is -2.22. The van der Waals surface area contributed by atoms with Crippen molar-refractivity contribution in [3.63, 3.8) is 0 Å². The molecule has 0 bridgehead atoms. The third kappa shape index (κ3) is 4.72. The van der Waals surface area contributed by atoms with E-state index >= 15 is 0 Å². The van der Waals surface area contributed by atoms with Gasteiger partial charge in [-0.2, -0.15) is 0 Å². The molecule has 1 aliphatic heterocycles. The molecule has 1 fully saturated rings. The number of benzene rings is 2. The van der Waals surface area contributed by atoms with Crippen molar-refractivity contribution in [2.75, 3.05) is 19.8 Å². The summed E-state index contributed by atoms with van der Waals surface area (Å²) in [6, 6.07) is 12.7. The van der Waals surface area contributed by atoms with Gasteiger partial charge in [0.25, 0.3) is 0 Å². The standard InChI is InChI=1S/C21H26N2O4/c1-4-25-18-7-5-6-8-19(18)27-20-12-22-23-21(20)16-10-9-15(11-17(16)24)26-13-14(2)3/h5-11,20-24H,2,4,12-13H2,1,3H3. The van der Waals surface area contributed by atoms with Crippen LogP contribution in [0.4, 0.5) is 0 Å². The molecule has 3 rings (SSSR count). The maximum atomic E-state index is 10.5. The van der Waals surface area contributed by atoms with Gasteiger partial charge in [0.1, 0.15) is 24.2 Å². The highest BCUT2D eigenvalue weighted by Crippen LogP contribution is 2.35. The smallest absolute Gasteiger partial charge is 0.161 e. The summed E-state index contributed by atoms with van der Waals surface area (Å²) in [5.41, 5.74) is 7.93. The molecule has 0 spiro atoms. The maximum Gasteiger partial charge on any atom is 0.161 e. The minimum atomic E-state index is -0.213. The Labute approximate surface area is 159 Å². The van der Waals surface area contributed by atoms with E-state index in [0.29, 0.717) is 37.0 Å². The van der Waals surface area contributed by atoms with Crippen LogP contribution in [0.3, 0.4) is 0 Å². The van der Waals surface area contributed by atoms with Gasteiger partial charge in [0, 0.05) is 18.2 Å². The third-order valence-electron chi connectivity index (χ3n) is 4.18. The normalized spacial score (nSPS) is 18.9. The van der Waals surface area contributed by atoms with Gasteiger partial charge in [0.2, 0.25) is 0 Å². The van der Waals surface area contributed by atoms with Crippen LogP contribution in [0.25, 0.3) is 0 Å². The lowest BCUT2D eigenvalue weighted by molar-refractivity contribution is 0.184. The second-order valence-electron chi connectivity index (χ2n) is 6.51. The summed E-state index contributed by atoms with van der Waals surface area (Å²) >= 11 is 0. The van der Waals surface area contributed by atoms with E-state index in [1.165, 1.54) is 0 Å². The molecule has 2 atom stereocenters. The molecule has 6 nitrogen and oxygen atoms in total. The zero-order valence-corrected chi connectivity index (χ0v) is 15.7. The molecule has 3 N–H and O–H groups in total. The fourth-order valence-electron chi connectivity index (χ4n) is 2.94. The van der Waals surface area contributed by atoms with Crippen LogP contribution >= 0.6 is 0 Å². The minimum Gasteiger partial charge on any atom is -0.507 e. The second kappa shape index (κ2) is 8.79. The predicted octanol–water partition coefficient (Wildman–Crippen LogP) is 3.34. The third-order valence-corrected chi connectivity index (χ3v) is 4.18. The molecule has 0 aromatic heterocycles. The van der Waals surface area contributed by atoms with Crippen molar-refractivity contribution in [2.45, 2.75) is 26.0 Å². The molecule has 0 amide bonds. The Morgan fingerprint density at radius 1 is 1.19 bits per heavy atom. The molecule has 6 heteroatoms. The molecule has 1 aliphatic rings. The first-order chi connectivity index (χ1) is 13.1. The van der Waals surface area contributed by atoms with Gasteiger partial charge in [-0.25, -0.2) is 5.43 Å². The number of para-hydroxylation sites is 2. The molecule has 27 heavy (non-hydrogen) atoms. The first-order valence-electron chi connectivity index (χ1n) is 9.05. The van der Waals surface area contributed by atoms with E-state index in [0.717, 1.165) is 11.1 Å². The van der Waals surface area contributed by atoms with Crippen LogP contribution in [-0.2, 0) is 0 Å². The van der Waals surface area contributed by atoms with Gasteiger partial charge in [0.15, 0.2) is 11.5 Å². The summed E-state index contributed by atoms with van der Waals surface area (Å²) in [5.74, 6) is 2.14. The van der Waals surface area contributed by atoms with Gasteiger partial charge in [0.05, 0.1) is 12.6 Å². The highest BCUT2D eigenvalue weighted by atomic mass is 16.5. The Kier molecular flexibility index (Phi) is 6.21. The largest absolute Gasteiger partial charge is 0.507 e. The van der Waals surface area contributed by atoms with E-state index in [1.807, 2.05) is 50.2 Å². The Hall–Kier alpha value is -2.70. The van der Waals surface area contributed by atoms with E-state index in [4.69, 9.17) is 14.2 Å². The SMILES string of the molecule is C=C(C)COc1ccc(C2NNCC2Oc2ccccc2OCC)c(O)c1. The van der Waals surface area contributed by atoms with Crippen molar-refractivity contribution in [2.24, 2.45) is 0 Å². The quantitative estimate of drug-likeness (QED) is 0.619. The summed E-state index contributed by atoms with van der Waals surface area (Å²) in [7, 11) is 0. The van der Waals surface area contributed by atoms with Gasteiger partial charge in [-0.05, 0) is 43.7 Å². The Balaban J connectivity index is 1.75. The topological polar surface area (TPSA) is 72.0 Å². The number of hydrogen-bond acceptors (Lipinski definition) is 6. The average molecular weight is 370 g/mol. The number of hydrogen-bond donors (Lipinski definition) is 3. The Morgan fingerprint density at radius 3 is 2.67 bits per heavy atom. The van der Waals surface area contributed by atoms with Crippen molar-refractivity contribution in [1.82, 2.24) is 10.9 Å². The van der Waals surface area contributed by atoms with Crippen molar-refractivity contribution < 1.29 is 19.3 Å². The fourth-order valence-corrected chi connectivity index (χ4v) is 2.94. The molecule has 2 unspecified atom stereocenters. The van der Waals surface area contributed by atoms with Crippen LogP contribution in [0, 0.1) is 0 Å². The van der Waals surface area contributed by atoms with Gasteiger partial charge in [-0.3, -0.25) is 5.43 Å². The van der Waals surface area contributed by atoms with Gasteiger partial charge >= 0.3 is 0 Å². The van der Waals surface area contributed by atoms with E-state index < -0.39 is 0 Å². The number of aromatic hydroxyl groups is 1. The molecule has 2 aromatic carbocycles. The molecule has 0 aliphatic carbocycles. The summed E-state index contributed by atoms with van der Waals surface area (Å²) in [6.45, 7) is 9.22. The zero-order valence-electron chi connectivity index (χ0n) is 15.7. The highest BCUT2D eigenvalue weighted by Gasteiger charge is 2.32. The van der Waals surface area contributed by atoms with E-state index in [9.17, 15) is 5.11 Å². The number of phenolic OH excluding ortho intramolecular Hbond substituents is 1. The van der Waals surface area contributed by atoms with Crippen molar-refractivity contribution in [1.29, 1.82) is 0 Å². The van der Waals surface area contributed by atoms with Crippen LogP contribution in [0.1, 0.15) is 25.5 Å². The summed E-state index contributed by atoms with van der Waals surface area (Å²) in [5, 5.41) is 10.5. The van der Waals surface area contributed by atoms with E-state index in [2.05, 4.69) is 17.4 Å². The number of hydrazine groups is 1. The number of ether oxygens (including phenoxy) is 3. The molecule has 0 saturated carbocycles. The molecular weight excluding hydrogens is 344 g/mol. The number of rotatable bonds is 8. The Bertz CT molecular complexity index is 794. The molecule has 2 aromatic rings. The Morgan fingerprint density at radius 2 is 1.96 bits per heavy atom. The lowest BCUT2D eigenvalue weighted by Crippen LogP contribution is -2.28. The van der Waals surface area contributed by atoms with Crippen molar-refractivity contribution in [3.05, 3.63) is 60.2 Å². The summed E-state index contributed by atoms with van der Waals surface area (Å²) < 4.78 is 17.4. The van der Waals surface area contributed by atoms with Crippen LogP contribution in [0.15, 0.2) is 54.6 Å². The van der Waals surface area contributed by atoms with Crippen LogP contribution in [-0.4, -0.2) is 31.0 Å². The van der Waals surface area contributed by atoms with E-state index in [-0.39, 0.29) is 17.9 Å². The highest BCUT2D eigenvalue weighted by molar-refractivity contribution is 5.43. The average Bonchev–Trinajstić information content (AvgIpc) is 3.10. The first kappa shape index (κ1) is 19.1. The van der Waals surface area contributed by atoms with Gasteiger partial charge < -0.3 is 19.3 Å². The van der Waals surface area contributed by atoms with E-state index in [1.54, 1.807) is 6.07 Å². The second-order valence-corrected chi connectivity index (χ2v) is 6.51. The fraction of sp³-hybridized carbons (Fsp3) is 0.333. The minimum absolute atomic E-state index is 0.155. The lowest BCUT2D eigenvalue weighted by atomic mass is 10.0. The maximum absolute atomic E-state index is 10.5. The molecule has 1 saturated heterocycles. The van der Waals surface area contributed by atoms with Crippen LogP contribution in [0.5, 0.6) is 23.0 Å². The molecule has 1 heterocycles. The predicted molar refractivity (Wildman–Crippen MR) is 104 cm³/mol. The van der Waals surface area contributed by atoms with Gasteiger partial charge in [-0.15, -0.1) is 0 Å². The van der Waals surface area contributed by atoms with Crippen LogP contribution < -0.4 is 25.1 Å². The zero-order chi connectivity index (χ0) is 19.2. The molecule has 0 radical (unpaired) electrons. The van der Waals surface area contributed by atoms with Crippen LogP contribution in [0.2, 0.25) is 0 Å². The number of phenols is 1.